The average molecular weight is 345 g/mol. The average Bonchev–Trinajstić information content (AvgIpc) is 2.95. The summed E-state index contributed by atoms with van der Waals surface area (Å²) >= 11 is 0. The number of aromatic amines is 1. The zero-order chi connectivity index (χ0) is 18.4. The molecule has 25 heavy (non-hydrogen) atoms. The quantitative estimate of drug-likeness (QED) is 0.514. The van der Waals surface area contributed by atoms with Gasteiger partial charge in [-0.15, -0.1) is 0 Å². The van der Waals surface area contributed by atoms with Crippen molar-refractivity contribution in [1.29, 1.82) is 0 Å². The maximum atomic E-state index is 11.9. The first-order valence-corrected chi connectivity index (χ1v) is 7.70. The highest BCUT2D eigenvalue weighted by molar-refractivity contribution is 5.98. The smallest absolute Gasteiger partial charge is 0.326 e. The number of carbonyl (C=O) groups is 4. The SMILES string of the molecule is CC(=O)CC(=O)NCC(=O)NC(Cc1c[nH]c2ccccc12)C(=O)O. The van der Waals surface area contributed by atoms with Crippen LogP contribution >= 0.6 is 0 Å². The molecule has 132 valence electrons. The third kappa shape index (κ3) is 5.17. The number of benzene rings is 1. The van der Waals surface area contributed by atoms with Crippen molar-refractivity contribution < 1.29 is 24.3 Å². The van der Waals surface area contributed by atoms with Gasteiger partial charge in [0.15, 0.2) is 0 Å². The fourth-order valence-corrected chi connectivity index (χ4v) is 2.43. The number of fused-ring (bicyclic) bond motifs is 1. The summed E-state index contributed by atoms with van der Waals surface area (Å²) in [5.74, 6) is -2.70. The molecule has 0 saturated carbocycles. The number of carbonyl (C=O) groups excluding carboxylic acids is 3. The zero-order valence-corrected chi connectivity index (χ0v) is 13.7. The maximum Gasteiger partial charge on any atom is 0.326 e. The van der Waals surface area contributed by atoms with Gasteiger partial charge >= 0.3 is 5.97 Å². The molecule has 0 saturated heterocycles. The van der Waals surface area contributed by atoms with Crippen LogP contribution in [0.4, 0.5) is 0 Å². The fourth-order valence-electron chi connectivity index (χ4n) is 2.43. The Balaban J connectivity index is 1.96. The van der Waals surface area contributed by atoms with E-state index in [1.54, 1.807) is 6.20 Å². The van der Waals surface area contributed by atoms with Crippen molar-refractivity contribution in [2.75, 3.05) is 6.54 Å². The topological polar surface area (TPSA) is 128 Å². The van der Waals surface area contributed by atoms with Crippen molar-refractivity contribution in [1.82, 2.24) is 15.6 Å². The van der Waals surface area contributed by atoms with Crippen LogP contribution in [0.1, 0.15) is 18.9 Å². The number of hydrogen-bond acceptors (Lipinski definition) is 4. The van der Waals surface area contributed by atoms with Crippen LogP contribution in [-0.2, 0) is 25.6 Å². The second-order valence-electron chi connectivity index (χ2n) is 5.68. The van der Waals surface area contributed by atoms with Crippen molar-refractivity contribution in [2.45, 2.75) is 25.8 Å². The molecule has 2 rings (SSSR count). The van der Waals surface area contributed by atoms with Crippen LogP contribution in [-0.4, -0.2) is 46.2 Å². The molecule has 1 aromatic heterocycles. The number of aromatic nitrogens is 1. The third-order valence-electron chi connectivity index (χ3n) is 3.59. The van der Waals surface area contributed by atoms with E-state index in [9.17, 15) is 24.3 Å². The number of carboxylic acids is 1. The van der Waals surface area contributed by atoms with E-state index >= 15 is 0 Å². The summed E-state index contributed by atoms with van der Waals surface area (Å²) < 4.78 is 0. The number of H-pyrrole nitrogens is 1. The predicted octanol–water partition coefficient (Wildman–Crippen LogP) is 0.375. The summed E-state index contributed by atoms with van der Waals surface area (Å²) in [5, 5.41) is 14.9. The Kier molecular flexibility index (Phi) is 5.89. The molecular weight excluding hydrogens is 326 g/mol. The van der Waals surface area contributed by atoms with Gasteiger partial charge in [-0.2, -0.15) is 0 Å². The summed E-state index contributed by atoms with van der Waals surface area (Å²) in [5.41, 5.74) is 1.65. The van der Waals surface area contributed by atoms with Crippen molar-refractivity contribution in [3.63, 3.8) is 0 Å². The fraction of sp³-hybridized carbons (Fsp3) is 0.294. The van der Waals surface area contributed by atoms with Gasteiger partial charge in [0.1, 0.15) is 11.8 Å². The first-order valence-electron chi connectivity index (χ1n) is 7.70. The highest BCUT2D eigenvalue weighted by atomic mass is 16.4. The molecule has 0 aliphatic carbocycles. The Morgan fingerprint density at radius 3 is 2.56 bits per heavy atom. The highest BCUT2D eigenvalue weighted by Gasteiger charge is 2.22. The Labute approximate surface area is 143 Å². The lowest BCUT2D eigenvalue weighted by molar-refractivity contribution is -0.141. The Morgan fingerprint density at radius 1 is 1.16 bits per heavy atom. The van der Waals surface area contributed by atoms with E-state index in [-0.39, 0.29) is 25.2 Å². The Hall–Kier alpha value is -3.16. The van der Waals surface area contributed by atoms with Crippen LogP contribution in [0.3, 0.4) is 0 Å². The number of aliphatic carboxylic acids is 1. The van der Waals surface area contributed by atoms with Gasteiger partial charge in [-0.3, -0.25) is 14.4 Å². The standard InChI is InChI=1S/C17H19N3O5/c1-10(21)6-15(22)19-9-16(23)20-14(17(24)25)7-11-8-18-13-5-3-2-4-12(11)13/h2-5,8,14,18H,6-7,9H2,1H3,(H,19,22)(H,20,23)(H,24,25). The van der Waals surface area contributed by atoms with Crippen LogP contribution in [0.5, 0.6) is 0 Å². The van der Waals surface area contributed by atoms with Gasteiger partial charge in [-0.05, 0) is 18.6 Å². The molecule has 0 radical (unpaired) electrons. The number of ketones is 1. The predicted molar refractivity (Wildman–Crippen MR) is 89.9 cm³/mol. The number of carboxylic acid groups (broad SMARTS) is 1. The number of amides is 2. The van der Waals surface area contributed by atoms with Crippen molar-refractivity contribution in [3.05, 3.63) is 36.0 Å². The molecule has 8 nitrogen and oxygen atoms in total. The van der Waals surface area contributed by atoms with Crippen LogP contribution in [0.25, 0.3) is 10.9 Å². The van der Waals surface area contributed by atoms with E-state index in [2.05, 4.69) is 15.6 Å². The van der Waals surface area contributed by atoms with Gasteiger partial charge in [0, 0.05) is 23.5 Å². The highest BCUT2D eigenvalue weighted by Crippen LogP contribution is 2.19. The van der Waals surface area contributed by atoms with Gasteiger partial charge in [-0.1, -0.05) is 18.2 Å². The largest absolute Gasteiger partial charge is 0.480 e. The second kappa shape index (κ2) is 8.09. The molecule has 1 aromatic carbocycles. The lowest BCUT2D eigenvalue weighted by Crippen LogP contribution is -2.46. The summed E-state index contributed by atoms with van der Waals surface area (Å²) in [6, 6.07) is 6.32. The molecule has 0 aliphatic heterocycles. The summed E-state index contributed by atoms with van der Waals surface area (Å²) in [6.07, 6.45) is 1.50. The monoisotopic (exact) mass is 345 g/mol. The number of hydrogen-bond donors (Lipinski definition) is 4. The van der Waals surface area contributed by atoms with Gasteiger partial charge in [0.2, 0.25) is 11.8 Å². The third-order valence-corrected chi connectivity index (χ3v) is 3.59. The summed E-state index contributed by atoms with van der Waals surface area (Å²) in [4.78, 5) is 48.5. The molecule has 0 fully saturated rings. The van der Waals surface area contributed by atoms with E-state index in [0.717, 1.165) is 16.5 Å². The van der Waals surface area contributed by atoms with E-state index in [1.165, 1.54) is 6.92 Å². The molecule has 1 unspecified atom stereocenters. The molecular formula is C17H19N3O5. The van der Waals surface area contributed by atoms with Gasteiger partial charge in [-0.25, -0.2) is 4.79 Å². The number of rotatable bonds is 8. The summed E-state index contributed by atoms with van der Waals surface area (Å²) in [6.45, 7) is 0.880. The molecule has 8 heteroatoms. The van der Waals surface area contributed by atoms with Gasteiger partial charge in [0.05, 0.1) is 13.0 Å². The van der Waals surface area contributed by atoms with Gasteiger partial charge in [0.25, 0.3) is 0 Å². The molecule has 0 bridgehead atoms. The molecule has 2 aromatic rings. The Morgan fingerprint density at radius 2 is 1.88 bits per heavy atom. The van der Waals surface area contributed by atoms with Crippen LogP contribution in [0.2, 0.25) is 0 Å². The summed E-state index contributed by atoms with van der Waals surface area (Å²) in [7, 11) is 0. The first kappa shape index (κ1) is 18.2. The minimum atomic E-state index is -1.17. The molecule has 4 N–H and O–H groups in total. The van der Waals surface area contributed by atoms with Gasteiger partial charge < -0.3 is 20.7 Å². The molecule has 0 aliphatic rings. The second-order valence-corrected chi connectivity index (χ2v) is 5.68. The number of para-hydroxylation sites is 1. The zero-order valence-electron chi connectivity index (χ0n) is 13.7. The number of Topliss-reactive ketones (excluding diaryl/α,β-unsaturated/α-hetero) is 1. The van der Waals surface area contributed by atoms with E-state index in [0.29, 0.717) is 0 Å². The van der Waals surface area contributed by atoms with Crippen molar-refractivity contribution in [2.24, 2.45) is 0 Å². The van der Waals surface area contributed by atoms with Crippen molar-refractivity contribution >= 4 is 34.5 Å². The van der Waals surface area contributed by atoms with Crippen LogP contribution in [0.15, 0.2) is 30.5 Å². The lowest BCUT2D eigenvalue weighted by Gasteiger charge is -2.14. The van der Waals surface area contributed by atoms with E-state index in [1.807, 2.05) is 24.3 Å². The normalized spacial score (nSPS) is 11.7. The Bertz CT molecular complexity index is 811. The minimum absolute atomic E-state index is 0.104. The minimum Gasteiger partial charge on any atom is -0.480 e. The van der Waals surface area contributed by atoms with Crippen LogP contribution < -0.4 is 10.6 Å². The number of nitrogens with one attached hydrogen (secondary N) is 3. The molecule has 0 spiro atoms. The van der Waals surface area contributed by atoms with Crippen LogP contribution in [0, 0.1) is 0 Å². The van der Waals surface area contributed by atoms with E-state index < -0.39 is 23.8 Å². The van der Waals surface area contributed by atoms with E-state index in [4.69, 9.17) is 0 Å². The molecule has 1 atom stereocenters. The lowest BCUT2D eigenvalue weighted by atomic mass is 10.0. The molecule has 2 amide bonds. The van der Waals surface area contributed by atoms with Crippen molar-refractivity contribution in [3.8, 4) is 0 Å². The first-order chi connectivity index (χ1) is 11.9. The molecule has 1 heterocycles. The maximum absolute atomic E-state index is 11.9.